The zero-order valence-corrected chi connectivity index (χ0v) is 16.8. The lowest BCUT2D eigenvalue weighted by atomic mass is 9.97. The zero-order valence-electron chi connectivity index (χ0n) is 15.3. The van der Waals surface area contributed by atoms with Crippen molar-refractivity contribution in [1.82, 2.24) is 9.78 Å². The third kappa shape index (κ3) is 4.11. The number of halogens is 5. The minimum Gasteiger partial charge on any atom is -0.363 e. The van der Waals surface area contributed by atoms with Gasteiger partial charge < -0.3 is 10.6 Å². The number of nitrogens with zero attached hydrogens (tertiary/aromatic N) is 2. The maximum atomic E-state index is 13.7. The van der Waals surface area contributed by atoms with E-state index in [4.69, 9.17) is 23.2 Å². The monoisotopic (exact) mass is 454 g/mol. The van der Waals surface area contributed by atoms with Gasteiger partial charge in [0.15, 0.2) is 11.7 Å². The number of hydrogen-bond donors (Lipinski definition) is 2. The summed E-state index contributed by atoms with van der Waals surface area (Å²) in [6.07, 6.45) is -4.76. The van der Waals surface area contributed by atoms with E-state index in [-0.39, 0.29) is 23.0 Å². The van der Waals surface area contributed by atoms with Gasteiger partial charge in [-0.2, -0.15) is 18.3 Å². The molecule has 0 spiro atoms. The average molecular weight is 455 g/mol. The van der Waals surface area contributed by atoms with Crippen molar-refractivity contribution in [2.45, 2.75) is 24.7 Å². The Kier molecular flexibility index (Phi) is 5.38. The molecule has 2 aromatic carbocycles. The number of rotatable bonds is 3. The lowest BCUT2D eigenvalue weighted by Gasteiger charge is -2.33. The van der Waals surface area contributed by atoms with Gasteiger partial charge in [0.25, 0.3) is 5.91 Å². The Bertz CT molecular complexity index is 1090. The van der Waals surface area contributed by atoms with Crippen molar-refractivity contribution in [3.8, 4) is 0 Å². The Balaban J connectivity index is 1.63. The molecule has 0 radical (unpaired) electrons. The van der Waals surface area contributed by atoms with Crippen LogP contribution >= 0.6 is 23.2 Å². The van der Waals surface area contributed by atoms with Crippen LogP contribution < -0.4 is 10.6 Å². The minimum atomic E-state index is -4.52. The van der Waals surface area contributed by atoms with Gasteiger partial charge in [-0.05, 0) is 23.8 Å². The van der Waals surface area contributed by atoms with Crippen molar-refractivity contribution in [1.29, 1.82) is 0 Å². The second-order valence-corrected chi connectivity index (χ2v) is 7.66. The van der Waals surface area contributed by atoms with Gasteiger partial charge in [-0.25, -0.2) is 4.68 Å². The van der Waals surface area contributed by atoms with E-state index in [2.05, 4.69) is 15.7 Å². The minimum absolute atomic E-state index is 0.122. The first-order chi connectivity index (χ1) is 14.2. The van der Waals surface area contributed by atoms with Gasteiger partial charge in [0.05, 0.1) is 16.1 Å². The average Bonchev–Trinajstić information content (AvgIpc) is 3.14. The number of hydrogen-bond acceptors (Lipinski definition) is 3. The SMILES string of the molecule is O=C(Nc1ccc(Cl)c(Cl)c1)c1cc2n(n1)C(C(F)(F)F)CC(c1ccccc1)N2. The summed E-state index contributed by atoms with van der Waals surface area (Å²) < 4.78 is 42.0. The Labute approximate surface area is 179 Å². The maximum absolute atomic E-state index is 13.7. The van der Waals surface area contributed by atoms with Gasteiger partial charge in [0, 0.05) is 18.2 Å². The van der Waals surface area contributed by atoms with Crippen LogP contribution in [0.4, 0.5) is 24.7 Å². The molecule has 30 heavy (non-hydrogen) atoms. The van der Waals surface area contributed by atoms with Crippen molar-refractivity contribution in [3.63, 3.8) is 0 Å². The second kappa shape index (κ2) is 7.85. The van der Waals surface area contributed by atoms with E-state index in [0.717, 1.165) is 10.2 Å². The van der Waals surface area contributed by atoms with E-state index in [1.54, 1.807) is 30.3 Å². The Morgan fingerprint density at radius 2 is 1.83 bits per heavy atom. The highest BCUT2D eigenvalue weighted by atomic mass is 35.5. The Hall–Kier alpha value is -2.71. The number of carbonyl (C=O) groups excluding carboxylic acids is 1. The van der Waals surface area contributed by atoms with E-state index < -0.39 is 24.2 Å². The summed E-state index contributed by atoms with van der Waals surface area (Å²) in [5, 5.41) is 10.1. The fraction of sp³-hybridized carbons (Fsp3) is 0.200. The largest absolute Gasteiger partial charge is 0.410 e. The topological polar surface area (TPSA) is 59.0 Å². The molecule has 10 heteroatoms. The van der Waals surface area contributed by atoms with Crippen LogP contribution in [0.5, 0.6) is 0 Å². The van der Waals surface area contributed by atoms with Crippen LogP contribution in [0.1, 0.15) is 34.6 Å². The molecule has 2 atom stereocenters. The highest BCUT2D eigenvalue weighted by Gasteiger charge is 2.46. The molecule has 2 heterocycles. The summed E-state index contributed by atoms with van der Waals surface area (Å²) in [5.74, 6) is -0.536. The molecule has 2 N–H and O–H groups in total. The van der Waals surface area contributed by atoms with E-state index in [1.165, 1.54) is 24.3 Å². The third-order valence-electron chi connectivity index (χ3n) is 4.80. The van der Waals surface area contributed by atoms with E-state index in [1.807, 2.05) is 0 Å². The summed E-state index contributed by atoms with van der Waals surface area (Å²) in [5.41, 5.74) is 0.926. The van der Waals surface area contributed by atoms with Gasteiger partial charge in [-0.3, -0.25) is 4.79 Å². The van der Waals surface area contributed by atoms with Crippen molar-refractivity contribution in [2.24, 2.45) is 0 Å². The van der Waals surface area contributed by atoms with Gasteiger partial charge in [-0.1, -0.05) is 53.5 Å². The first-order valence-electron chi connectivity index (χ1n) is 8.96. The first-order valence-corrected chi connectivity index (χ1v) is 9.72. The van der Waals surface area contributed by atoms with Crippen LogP contribution in [0.15, 0.2) is 54.6 Å². The van der Waals surface area contributed by atoms with Crippen LogP contribution in [0.3, 0.4) is 0 Å². The molecule has 5 nitrogen and oxygen atoms in total. The molecule has 0 aliphatic carbocycles. The molecule has 0 saturated heterocycles. The predicted octanol–water partition coefficient (Wildman–Crippen LogP) is 6.10. The van der Waals surface area contributed by atoms with Gasteiger partial charge in [0.1, 0.15) is 5.82 Å². The lowest BCUT2D eigenvalue weighted by molar-refractivity contribution is -0.173. The molecule has 156 valence electrons. The van der Waals surface area contributed by atoms with Crippen molar-refractivity contribution >= 4 is 40.6 Å². The molecule has 0 bridgehead atoms. The molecule has 3 aromatic rings. The number of fused-ring (bicyclic) bond motifs is 1. The molecule has 4 rings (SSSR count). The fourth-order valence-electron chi connectivity index (χ4n) is 3.36. The summed E-state index contributed by atoms with van der Waals surface area (Å²) in [6, 6.07) is 12.2. The number of benzene rings is 2. The second-order valence-electron chi connectivity index (χ2n) is 6.84. The fourth-order valence-corrected chi connectivity index (χ4v) is 3.66. The molecular formula is C20H15Cl2F3N4O. The van der Waals surface area contributed by atoms with Crippen molar-refractivity contribution in [3.05, 3.63) is 75.9 Å². The summed E-state index contributed by atoms with van der Waals surface area (Å²) >= 11 is 11.8. The lowest BCUT2D eigenvalue weighted by Crippen LogP contribution is -2.35. The molecule has 1 aromatic heterocycles. The molecule has 1 aliphatic rings. The Morgan fingerprint density at radius 1 is 1.10 bits per heavy atom. The van der Waals surface area contributed by atoms with Crippen LogP contribution in [0.2, 0.25) is 10.0 Å². The molecule has 0 saturated carbocycles. The number of carbonyl (C=O) groups is 1. The number of alkyl halides is 3. The Morgan fingerprint density at radius 3 is 2.50 bits per heavy atom. The molecule has 2 unspecified atom stereocenters. The normalized spacial score (nSPS) is 18.4. The number of nitrogens with one attached hydrogen (secondary N) is 2. The molecule has 1 amide bonds. The predicted molar refractivity (Wildman–Crippen MR) is 109 cm³/mol. The first kappa shape index (κ1) is 20.6. The van der Waals surface area contributed by atoms with Crippen LogP contribution in [0, 0.1) is 0 Å². The summed E-state index contributed by atoms with van der Waals surface area (Å²) in [7, 11) is 0. The van der Waals surface area contributed by atoms with E-state index >= 15 is 0 Å². The number of aromatic nitrogens is 2. The van der Waals surface area contributed by atoms with E-state index in [9.17, 15) is 18.0 Å². The molecule has 1 aliphatic heterocycles. The molecule has 0 fully saturated rings. The number of anilines is 2. The standard InChI is InChI=1S/C20H15Cl2F3N4O/c21-13-7-6-12(8-14(13)22)26-19(30)16-10-18-27-15(11-4-2-1-3-5-11)9-17(20(23,24)25)29(18)28-16/h1-8,10,15,17,27H,9H2,(H,26,30). The summed E-state index contributed by atoms with van der Waals surface area (Å²) in [6.45, 7) is 0. The smallest absolute Gasteiger partial charge is 0.363 e. The van der Waals surface area contributed by atoms with Gasteiger partial charge >= 0.3 is 6.18 Å². The van der Waals surface area contributed by atoms with Crippen molar-refractivity contribution in [2.75, 3.05) is 10.6 Å². The van der Waals surface area contributed by atoms with Crippen LogP contribution in [-0.2, 0) is 0 Å². The van der Waals surface area contributed by atoms with Crippen LogP contribution in [0.25, 0.3) is 0 Å². The summed E-state index contributed by atoms with van der Waals surface area (Å²) in [4.78, 5) is 12.6. The van der Waals surface area contributed by atoms with Crippen LogP contribution in [-0.4, -0.2) is 21.9 Å². The van der Waals surface area contributed by atoms with Crippen molar-refractivity contribution < 1.29 is 18.0 Å². The highest BCUT2D eigenvalue weighted by molar-refractivity contribution is 6.42. The highest BCUT2D eigenvalue weighted by Crippen LogP contribution is 2.43. The zero-order chi connectivity index (χ0) is 21.5. The molecular weight excluding hydrogens is 440 g/mol. The van der Waals surface area contributed by atoms with Gasteiger partial charge in [0.2, 0.25) is 0 Å². The quantitative estimate of drug-likeness (QED) is 0.502. The third-order valence-corrected chi connectivity index (χ3v) is 5.54. The van der Waals surface area contributed by atoms with Gasteiger partial charge in [-0.15, -0.1) is 0 Å². The van der Waals surface area contributed by atoms with E-state index in [0.29, 0.717) is 10.7 Å². The number of amides is 1. The maximum Gasteiger partial charge on any atom is 0.410 e.